The second-order valence-electron chi connectivity index (χ2n) is 6.71. The maximum atomic E-state index is 12.7. The van der Waals surface area contributed by atoms with Crippen LogP contribution >= 0.6 is 11.8 Å². The molecule has 2 saturated heterocycles. The van der Waals surface area contributed by atoms with Crippen LogP contribution in [0.2, 0.25) is 0 Å². The van der Waals surface area contributed by atoms with E-state index in [2.05, 4.69) is 9.97 Å². The summed E-state index contributed by atoms with van der Waals surface area (Å²) < 4.78 is 5.54. The summed E-state index contributed by atoms with van der Waals surface area (Å²) in [5.74, 6) is 2.76. The first-order chi connectivity index (χ1) is 12.6. The fourth-order valence-electron chi connectivity index (χ4n) is 3.43. The van der Waals surface area contributed by atoms with Crippen LogP contribution in [0.4, 0.5) is 0 Å². The monoisotopic (exact) mass is 378 g/mol. The molecule has 1 atom stereocenters. The van der Waals surface area contributed by atoms with Gasteiger partial charge >= 0.3 is 0 Å². The smallest absolute Gasteiger partial charge is 0.230 e. The third kappa shape index (κ3) is 4.94. The van der Waals surface area contributed by atoms with E-state index in [1.54, 1.807) is 23.4 Å². The van der Waals surface area contributed by atoms with Crippen LogP contribution < -0.4 is 0 Å². The van der Waals surface area contributed by atoms with Gasteiger partial charge in [0.2, 0.25) is 11.8 Å². The fourth-order valence-corrected chi connectivity index (χ4v) is 4.51. The summed E-state index contributed by atoms with van der Waals surface area (Å²) in [7, 11) is 1.89. The number of hydrogen-bond acceptors (Lipinski definition) is 6. The van der Waals surface area contributed by atoms with Gasteiger partial charge in [-0.2, -0.15) is 11.8 Å². The minimum atomic E-state index is -0.215. The van der Waals surface area contributed by atoms with E-state index < -0.39 is 0 Å². The molecule has 0 aliphatic carbocycles. The highest BCUT2D eigenvalue weighted by molar-refractivity contribution is 7.99. The lowest BCUT2D eigenvalue weighted by Gasteiger charge is -2.37. The molecule has 2 aliphatic rings. The molecule has 0 bridgehead atoms. The second kappa shape index (κ2) is 9.32. The maximum absolute atomic E-state index is 12.7. The summed E-state index contributed by atoms with van der Waals surface area (Å²) in [6.07, 6.45) is 5.81. The Hall–Kier alpha value is -1.67. The molecule has 1 unspecified atom stereocenters. The van der Waals surface area contributed by atoms with Gasteiger partial charge in [0.05, 0.1) is 25.7 Å². The quantitative estimate of drug-likeness (QED) is 0.761. The van der Waals surface area contributed by atoms with Gasteiger partial charge in [0, 0.05) is 38.4 Å². The van der Waals surface area contributed by atoms with Gasteiger partial charge < -0.3 is 14.5 Å². The summed E-state index contributed by atoms with van der Waals surface area (Å²) >= 11 is 1.95. The van der Waals surface area contributed by atoms with Crippen molar-refractivity contribution < 1.29 is 14.3 Å². The lowest BCUT2D eigenvalue weighted by Crippen LogP contribution is -2.52. The Labute approximate surface area is 158 Å². The molecule has 0 saturated carbocycles. The highest BCUT2D eigenvalue weighted by Crippen LogP contribution is 2.22. The van der Waals surface area contributed by atoms with Gasteiger partial charge in [-0.05, 0) is 30.4 Å². The number of aromatic nitrogens is 2. The fraction of sp³-hybridized carbons (Fsp3) is 0.667. The van der Waals surface area contributed by atoms with E-state index in [1.807, 2.05) is 23.7 Å². The van der Waals surface area contributed by atoms with Crippen molar-refractivity contribution in [2.45, 2.75) is 37.8 Å². The highest BCUT2D eigenvalue weighted by atomic mass is 32.2. The number of hydrogen-bond donors (Lipinski definition) is 0. The van der Waals surface area contributed by atoms with Crippen molar-refractivity contribution in [3.05, 3.63) is 24.3 Å². The molecule has 2 fully saturated rings. The molecule has 26 heavy (non-hydrogen) atoms. The Morgan fingerprint density at radius 1 is 1.31 bits per heavy atom. The summed E-state index contributed by atoms with van der Waals surface area (Å²) in [4.78, 5) is 37.3. The van der Waals surface area contributed by atoms with Crippen LogP contribution in [0.25, 0.3) is 0 Å². The number of carbonyl (C=O) groups excluding carboxylic acids is 2. The van der Waals surface area contributed by atoms with E-state index in [1.165, 1.54) is 0 Å². The van der Waals surface area contributed by atoms with Crippen LogP contribution in [0.3, 0.4) is 0 Å². The Bertz CT molecular complexity index is 610. The average Bonchev–Trinajstić information content (AvgIpc) is 2.69. The molecule has 2 amide bonds. The van der Waals surface area contributed by atoms with Crippen molar-refractivity contribution >= 4 is 23.6 Å². The van der Waals surface area contributed by atoms with Gasteiger partial charge in [-0.15, -0.1) is 0 Å². The van der Waals surface area contributed by atoms with E-state index in [9.17, 15) is 9.59 Å². The molecule has 0 aromatic carbocycles. The minimum absolute atomic E-state index is 0.0472. The summed E-state index contributed by atoms with van der Waals surface area (Å²) in [6, 6.07) is 1.83. The van der Waals surface area contributed by atoms with Crippen LogP contribution in [-0.2, 0) is 20.7 Å². The summed E-state index contributed by atoms with van der Waals surface area (Å²) in [5.41, 5.74) is 0. The van der Waals surface area contributed by atoms with Gasteiger partial charge in [0.15, 0.2) is 0 Å². The van der Waals surface area contributed by atoms with E-state index in [-0.39, 0.29) is 24.3 Å². The van der Waals surface area contributed by atoms with Crippen molar-refractivity contribution in [1.29, 1.82) is 0 Å². The summed E-state index contributed by atoms with van der Waals surface area (Å²) in [5, 5.41) is 0. The molecular formula is C18H26N4O3S. The molecule has 0 spiro atoms. The van der Waals surface area contributed by atoms with Crippen molar-refractivity contribution in [2.75, 3.05) is 38.3 Å². The van der Waals surface area contributed by atoms with Gasteiger partial charge in [0.1, 0.15) is 5.82 Å². The second-order valence-corrected chi connectivity index (χ2v) is 7.93. The SMILES string of the molecule is CN(C(=O)CC1COCCN1C(=O)Cc1ncccn1)C1CCSCC1. The van der Waals surface area contributed by atoms with Gasteiger partial charge in [-0.25, -0.2) is 9.97 Å². The summed E-state index contributed by atoms with van der Waals surface area (Å²) in [6.45, 7) is 1.41. The number of amides is 2. The predicted octanol–water partition coefficient (Wildman–Crippen LogP) is 0.991. The third-order valence-electron chi connectivity index (χ3n) is 5.02. The molecule has 0 N–H and O–H groups in total. The zero-order chi connectivity index (χ0) is 18.4. The number of thioether (sulfide) groups is 1. The lowest BCUT2D eigenvalue weighted by molar-refractivity contribution is -0.143. The predicted molar refractivity (Wildman–Crippen MR) is 99.8 cm³/mol. The first-order valence-electron chi connectivity index (χ1n) is 9.11. The maximum Gasteiger partial charge on any atom is 0.230 e. The van der Waals surface area contributed by atoms with Crippen LogP contribution in [-0.4, -0.2) is 82.0 Å². The molecule has 1 aromatic heterocycles. The topological polar surface area (TPSA) is 75.6 Å². The molecule has 8 heteroatoms. The Morgan fingerprint density at radius 2 is 2.04 bits per heavy atom. The van der Waals surface area contributed by atoms with E-state index in [0.717, 1.165) is 24.3 Å². The number of rotatable bonds is 5. The highest BCUT2D eigenvalue weighted by Gasteiger charge is 2.32. The van der Waals surface area contributed by atoms with E-state index in [4.69, 9.17) is 4.74 Å². The molecule has 1 aromatic rings. The van der Waals surface area contributed by atoms with Crippen LogP contribution in [0, 0.1) is 0 Å². The molecular weight excluding hydrogens is 352 g/mol. The van der Waals surface area contributed by atoms with Crippen LogP contribution in [0.15, 0.2) is 18.5 Å². The molecule has 2 aliphatic heterocycles. The van der Waals surface area contributed by atoms with Crippen LogP contribution in [0.5, 0.6) is 0 Å². The first-order valence-corrected chi connectivity index (χ1v) is 10.3. The molecule has 142 valence electrons. The van der Waals surface area contributed by atoms with Crippen molar-refractivity contribution in [3.63, 3.8) is 0 Å². The third-order valence-corrected chi connectivity index (χ3v) is 6.07. The van der Waals surface area contributed by atoms with Crippen molar-refractivity contribution in [1.82, 2.24) is 19.8 Å². The molecule has 3 heterocycles. The van der Waals surface area contributed by atoms with Crippen molar-refractivity contribution in [3.8, 4) is 0 Å². The average molecular weight is 378 g/mol. The van der Waals surface area contributed by atoms with E-state index >= 15 is 0 Å². The van der Waals surface area contributed by atoms with E-state index in [0.29, 0.717) is 38.0 Å². The normalized spacial score (nSPS) is 21.4. The standard InChI is InChI=1S/C18H26N4O3S/c1-21(14-3-9-26-10-4-14)17(23)11-15-13-25-8-7-22(15)18(24)12-16-19-5-2-6-20-16/h2,5-6,14-15H,3-4,7-13H2,1H3. The molecule has 3 rings (SSSR count). The Balaban J connectivity index is 1.59. The first kappa shape index (κ1) is 19.1. The number of ether oxygens (including phenoxy) is 1. The molecule has 7 nitrogen and oxygen atoms in total. The van der Waals surface area contributed by atoms with Gasteiger partial charge in [0.25, 0.3) is 0 Å². The Morgan fingerprint density at radius 3 is 2.77 bits per heavy atom. The Kier molecular flexibility index (Phi) is 6.85. The zero-order valence-corrected chi connectivity index (χ0v) is 16.0. The van der Waals surface area contributed by atoms with Gasteiger partial charge in [-0.3, -0.25) is 9.59 Å². The van der Waals surface area contributed by atoms with Crippen molar-refractivity contribution in [2.24, 2.45) is 0 Å². The zero-order valence-electron chi connectivity index (χ0n) is 15.2. The number of carbonyl (C=O) groups is 2. The largest absolute Gasteiger partial charge is 0.377 e. The lowest BCUT2D eigenvalue weighted by atomic mass is 10.1. The number of nitrogens with zero attached hydrogens (tertiary/aromatic N) is 4. The molecule has 0 radical (unpaired) electrons. The van der Waals surface area contributed by atoms with Gasteiger partial charge in [-0.1, -0.05) is 0 Å². The minimum Gasteiger partial charge on any atom is -0.377 e. The number of morpholine rings is 1. The van der Waals surface area contributed by atoms with Crippen LogP contribution in [0.1, 0.15) is 25.1 Å².